The van der Waals surface area contributed by atoms with Gasteiger partial charge in [0, 0.05) is 15.9 Å². The standard InChI is InChI=1S/C14H10BrClF2/c15-13(9-1-4-11(16)5-2-9)7-10-3-6-12(17)8-14(10)18/h1-6,8,13H,7H2. The maximum absolute atomic E-state index is 13.5. The van der Waals surface area contributed by atoms with E-state index in [-0.39, 0.29) is 4.83 Å². The normalized spacial score (nSPS) is 12.4. The Morgan fingerprint density at radius 1 is 1.06 bits per heavy atom. The quantitative estimate of drug-likeness (QED) is 0.670. The lowest BCUT2D eigenvalue weighted by Crippen LogP contribution is -1.98. The summed E-state index contributed by atoms with van der Waals surface area (Å²) in [7, 11) is 0. The molecule has 1 atom stereocenters. The summed E-state index contributed by atoms with van der Waals surface area (Å²) in [5.41, 5.74) is 1.48. The number of hydrogen-bond donors (Lipinski definition) is 0. The van der Waals surface area contributed by atoms with E-state index in [2.05, 4.69) is 15.9 Å². The van der Waals surface area contributed by atoms with Crippen molar-refractivity contribution in [3.63, 3.8) is 0 Å². The van der Waals surface area contributed by atoms with E-state index < -0.39 is 11.6 Å². The van der Waals surface area contributed by atoms with Crippen molar-refractivity contribution >= 4 is 27.5 Å². The minimum atomic E-state index is -0.561. The molecule has 0 fully saturated rings. The van der Waals surface area contributed by atoms with Gasteiger partial charge in [-0.05, 0) is 35.7 Å². The first-order chi connectivity index (χ1) is 8.56. The zero-order valence-corrected chi connectivity index (χ0v) is 11.7. The van der Waals surface area contributed by atoms with Crippen molar-refractivity contribution in [1.82, 2.24) is 0 Å². The third-order valence-corrected chi connectivity index (χ3v) is 3.75. The molecular formula is C14H10BrClF2. The van der Waals surface area contributed by atoms with Gasteiger partial charge in [0.05, 0.1) is 0 Å². The topological polar surface area (TPSA) is 0 Å². The van der Waals surface area contributed by atoms with Crippen LogP contribution in [0.15, 0.2) is 42.5 Å². The number of hydrogen-bond acceptors (Lipinski definition) is 0. The van der Waals surface area contributed by atoms with Crippen LogP contribution in [0.5, 0.6) is 0 Å². The van der Waals surface area contributed by atoms with Gasteiger partial charge in [-0.3, -0.25) is 0 Å². The fourth-order valence-electron chi connectivity index (χ4n) is 1.67. The number of halogens is 4. The van der Waals surface area contributed by atoms with Crippen molar-refractivity contribution in [2.45, 2.75) is 11.2 Å². The van der Waals surface area contributed by atoms with E-state index >= 15 is 0 Å². The summed E-state index contributed by atoms with van der Waals surface area (Å²) in [4.78, 5) is -0.0327. The molecule has 18 heavy (non-hydrogen) atoms. The Labute approximate surface area is 118 Å². The minimum absolute atomic E-state index is 0.0327. The number of benzene rings is 2. The van der Waals surface area contributed by atoms with Crippen molar-refractivity contribution < 1.29 is 8.78 Å². The van der Waals surface area contributed by atoms with Crippen molar-refractivity contribution in [3.05, 3.63) is 70.2 Å². The van der Waals surface area contributed by atoms with Crippen LogP contribution in [0.4, 0.5) is 8.78 Å². The minimum Gasteiger partial charge on any atom is -0.207 e. The highest BCUT2D eigenvalue weighted by Gasteiger charge is 2.12. The summed E-state index contributed by atoms with van der Waals surface area (Å²) in [5.74, 6) is -1.08. The van der Waals surface area contributed by atoms with Gasteiger partial charge in [-0.15, -0.1) is 0 Å². The second kappa shape index (κ2) is 5.81. The van der Waals surface area contributed by atoms with Crippen molar-refractivity contribution in [1.29, 1.82) is 0 Å². The fourth-order valence-corrected chi connectivity index (χ4v) is 2.45. The summed E-state index contributed by atoms with van der Waals surface area (Å²) in [6, 6.07) is 11.0. The van der Waals surface area contributed by atoms with Crippen LogP contribution in [0.25, 0.3) is 0 Å². The number of rotatable bonds is 3. The predicted octanol–water partition coefficient (Wildman–Crippen LogP) is 5.30. The fraction of sp³-hybridized carbons (Fsp3) is 0.143. The van der Waals surface area contributed by atoms with Crippen molar-refractivity contribution in [2.24, 2.45) is 0 Å². The van der Waals surface area contributed by atoms with E-state index in [9.17, 15) is 8.78 Å². The van der Waals surface area contributed by atoms with E-state index in [1.807, 2.05) is 12.1 Å². The summed E-state index contributed by atoms with van der Waals surface area (Å²) in [6.07, 6.45) is 0.452. The van der Waals surface area contributed by atoms with Crippen LogP contribution in [0.3, 0.4) is 0 Å². The molecule has 0 saturated carbocycles. The van der Waals surface area contributed by atoms with Crippen LogP contribution in [-0.2, 0) is 6.42 Å². The first-order valence-corrected chi connectivity index (χ1v) is 6.69. The zero-order chi connectivity index (χ0) is 13.1. The molecular weight excluding hydrogens is 322 g/mol. The van der Waals surface area contributed by atoms with E-state index in [1.54, 1.807) is 12.1 Å². The molecule has 0 nitrogen and oxygen atoms in total. The van der Waals surface area contributed by atoms with Gasteiger partial charge >= 0.3 is 0 Å². The molecule has 1 unspecified atom stereocenters. The first-order valence-electron chi connectivity index (χ1n) is 5.40. The summed E-state index contributed by atoms with van der Waals surface area (Å²) < 4.78 is 26.3. The maximum Gasteiger partial charge on any atom is 0.129 e. The molecule has 0 aliphatic carbocycles. The van der Waals surface area contributed by atoms with E-state index in [0.29, 0.717) is 17.0 Å². The molecule has 0 N–H and O–H groups in total. The van der Waals surface area contributed by atoms with Gasteiger partial charge in [0.25, 0.3) is 0 Å². The van der Waals surface area contributed by atoms with Crippen LogP contribution in [-0.4, -0.2) is 0 Å². The molecule has 0 amide bonds. The first kappa shape index (κ1) is 13.5. The average Bonchev–Trinajstić information content (AvgIpc) is 2.33. The maximum atomic E-state index is 13.5. The Balaban J connectivity index is 2.15. The van der Waals surface area contributed by atoms with Gasteiger partial charge in [0.2, 0.25) is 0 Å². The van der Waals surface area contributed by atoms with Crippen LogP contribution >= 0.6 is 27.5 Å². The largest absolute Gasteiger partial charge is 0.207 e. The third kappa shape index (κ3) is 3.30. The molecule has 0 spiro atoms. The van der Waals surface area contributed by atoms with Crippen molar-refractivity contribution in [2.75, 3.05) is 0 Å². The monoisotopic (exact) mass is 330 g/mol. The van der Waals surface area contributed by atoms with Gasteiger partial charge in [-0.2, -0.15) is 0 Å². The molecule has 0 heterocycles. The second-order valence-electron chi connectivity index (χ2n) is 3.96. The predicted molar refractivity (Wildman–Crippen MR) is 73.2 cm³/mol. The van der Waals surface area contributed by atoms with E-state index in [0.717, 1.165) is 11.6 Å². The average molecular weight is 332 g/mol. The van der Waals surface area contributed by atoms with Gasteiger partial charge in [-0.1, -0.05) is 45.7 Å². The summed E-state index contributed by atoms with van der Waals surface area (Å²) in [5, 5.41) is 0.659. The second-order valence-corrected chi connectivity index (χ2v) is 5.50. The Hall–Kier alpha value is -0.930. The van der Waals surface area contributed by atoms with Gasteiger partial charge in [-0.25, -0.2) is 8.78 Å². The molecule has 0 aliphatic heterocycles. The molecule has 2 rings (SSSR count). The van der Waals surface area contributed by atoms with Crippen molar-refractivity contribution in [3.8, 4) is 0 Å². The molecule has 0 aromatic heterocycles. The Morgan fingerprint density at radius 3 is 2.33 bits per heavy atom. The molecule has 0 radical (unpaired) electrons. The smallest absolute Gasteiger partial charge is 0.129 e. The van der Waals surface area contributed by atoms with E-state index in [1.165, 1.54) is 12.1 Å². The summed E-state index contributed by atoms with van der Waals surface area (Å²) in [6.45, 7) is 0. The van der Waals surface area contributed by atoms with Gasteiger partial charge in [0.1, 0.15) is 11.6 Å². The highest BCUT2D eigenvalue weighted by molar-refractivity contribution is 9.09. The lowest BCUT2D eigenvalue weighted by Gasteiger charge is -2.11. The van der Waals surface area contributed by atoms with E-state index in [4.69, 9.17) is 11.6 Å². The third-order valence-electron chi connectivity index (χ3n) is 2.65. The SMILES string of the molecule is Fc1ccc(CC(Br)c2ccc(Cl)cc2)c(F)c1. The van der Waals surface area contributed by atoms with Crippen LogP contribution in [0.1, 0.15) is 16.0 Å². The molecule has 94 valence electrons. The molecule has 0 saturated heterocycles. The van der Waals surface area contributed by atoms with Crippen LogP contribution in [0, 0.1) is 11.6 Å². The Bertz CT molecular complexity index is 540. The summed E-state index contributed by atoms with van der Waals surface area (Å²) >= 11 is 9.30. The molecule has 0 aliphatic rings. The molecule has 2 aromatic rings. The molecule has 0 bridgehead atoms. The lowest BCUT2D eigenvalue weighted by molar-refractivity contribution is 0.571. The Kier molecular flexibility index (Phi) is 4.36. The lowest BCUT2D eigenvalue weighted by atomic mass is 10.0. The zero-order valence-electron chi connectivity index (χ0n) is 9.34. The van der Waals surface area contributed by atoms with Crippen LogP contribution < -0.4 is 0 Å². The number of alkyl halides is 1. The Morgan fingerprint density at radius 2 is 1.72 bits per heavy atom. The highest BCUT2D eigenvalue weighted by Crippen LogP contribution is 2.29. The van der Waals surface area contributed by atoms with Gasteiger partial charge in [0.15, 0.2) is 0 Å². The molecule has 2 aromatic carbocycles. The van der Waals surface area contributed by atoms with Crippen LogP contribution in [0.2, 0.25) is 5.02 Å². The molecule has 4 heteroatoms. The van der Waals surface area contributed by atoms with Gasteiger partial charge < -0.3 is 0 Å². The highest BCUT2D eigenvalue weighted by atomic mass is 79.9.